The molecule has 0 spiro atoms. The number of rotatable bonds is 5. The zero-order chi connectivity index (χ0) is 18.7. The zero-order valence-corrected chi connectivity index (χ0v) is 15.7. The summed E-state index contributed by atoms with van der Waals surface area (Å²) in [5.41, 5.74) is 2.15. The van der Waals surface area contributed by atoms with E-state index in [0.717, 1.165) is 11.3 Å². The molecule has 2 aromatic rings. The number of ether oxygens (including phenoxy) is 3. The van der Waals surface area contributed by atoms with E-state index in [1.165, 1.54) is 5.56 Å². The molecule has 1 N–H and O–H groups in total. The van der Waals surface area contributed by atoms with Gasteiger partial charge in [0.25, 0.3) is 5.91 Å². The second-order valence-electron chi connectivity index (χ2n) is 7.44. The molecular formula is C21H25NO4. The van der Waals surface area contributed by atoms with Crippen LogP contribution in [-0.4, -0.2) is 18.8 Å². The SMILES string of the molecule is CC(Oc1cccc(C(C)(C)C)c1)C(=O)NCc1ccc2c(c1)OCO2. The Morgan fingerprint density at radius 2 is 1.92 bits per heavy atom. The number of amides is 1. The molecule has 138 valence electrons. The summed E-state index contributed by atoms with van der Waals surface area (Å²) in [6, 6.07) is 13.5. The Morgan fingerprint density at radius 1 is 1.15 bits per heavy atom. The fraction of sp³-hybridized carbons (Fsp3) is 0.381. The molecule has 3 rings (SSSR count). The van der Waals surface area contributed by atoms with Crippen molar-refractivity contribution >= 4 is 5.91 Å². The first kappa shape index (κ1) is 18.1. The van der Waals surface area contributed by atoms with Crippen molar-refractivity contribution in [2.24, 2.45) is 0 Å². The topological polar surface area (TPSA) is 56.8 Å². The van der Waals surface area contributed by atoms with Crippen molar-refractivity contribution < 1.29 is 19.0 Å². The summed E-state index contributed by atoms with van der Waals surface area (Å²) >= 11 is 0. The number of nitrogens with one attached hydrogen (secondary N) is 1. The standard InChI is InChI=1S/C21H25NO4/c1-14(26-17-7-5-6-16(11-17)21(2,3)4)20(23)22-12-15-8-9-18-19(10-15)25-13-24-18/h5-11,14H,12-13H2,1-4H3,(H,22,23). The molecule has 0 bridgehead atoms. The third kappa shape index (κ3) is 4.28. The van der Waals surface area contributed by atoms with Crippen LogP contribution in [0.15, 0.2) is 42.5 Å². The predicted molar refractivity (Wildman–Crippen MR) is 99.6 cm³/mol. The average Bonchev–Trinajstić information content (AvgIpc) is 3.06. The first-order chi connectivity index (χ1) is 12.3. The molecule has 0 fully saturated rings. The van der Waals surface area contributed by atoms with Gasteiger partial charge < -0.3 is 19.5 Å². The van der Waals surface area contributed by atoms with E-state index in [1.807, 2.05) is 36.4 Å². The first-order valence-electron chi connectivity index (χ1n) is 8.76. The second-order valence-corrected chi connectivity index (χ2v) is 7.44. The van der Waals surface area contributed by atoms with Crippen molar-refractivity contribution in [2.75, 3.05) is 6.79 Å². The van der Waals surface area contributed by atoms with E-state index in [0.29, 0.717) is 18.0 Å². The van der Waals surface area contributed by atoms with Gasteiger partial charge in [-0.25, -0.2) is 0 Å². The molecular weight excluding hydrogens is 330 g/mol. The minimum Gasteiger partial charge on any atom is -0.481 e. The molecule has 0 aliphatic carbocycles. The molecule has 1 amide bonds. The van der Waals surface area contributed by atoms with Gasteiger partial charge in [0, 0.05) is 6.54 Å². The van der Waals surface area contributed by atoms with Crippen LogP contribution in [0.1, 0.15) is 38.8 Å². The van der Waals surface area contributed by atoms with Gasteiger partial charge in [-0.3, -0.25) is 4.79 Å². The summed E-state index contributed by atoms with van der Waals surface area (Å²) in [5, 5.41) is 2.89. The number of hydrogen-bond acceptors (Lipinski definition) is 4. The van der Waals surface area contributed by atoms with Crippen molar-refractivity contribution in [2.45, 2.75) is 45.8 Å². The molecule has 1 aliphatic rings. The lowest BCUT2D eigenvalue weighted by atomic mass is 9.87. The number of hydrogen-bond donors (Lipinski definition) is 1. The van der Waals surface area contributed by atoms with Crippen molar-refractivity contribution in [1.82, 2.24) is 5.32 Å². The van der Waals surface area contributed by atoms with E-state index in [4.69, 9.17) is 14.2 Å². The molecule has 0 saturated heterocycles. The van der Waals surface area contributed by atoms with Crippen LogP contribution in [0.4, 0.5) is 0 Å². The van der Waals surface area contributed by atoms with Gasteiger partial charge in [-0.15, -0.1) is 0 Å². The van der Waals surface area contributed by atoms with E-state index >= 15 is 0 Å². The molecule has 5 heteroatoms. The third-order valence-corrected chi connectivity index (χ3v) is 4.29. The highest BCUT2D eigenvalue weighted by molar-refractivity contribution is 5.80. The molecule has 2 aromatic carbocycles. The van der Waals surface area contributed by atoms with Gasteiger partial charge in [0.15, 0.2) is 17.6 Å². The van der Waals surface area contributed by atoms with Gasteiger partial charge in [-0.1, -0.05) is 39.0 Å². The lowest BCUT2D eigenvalue weighted by molar-refractivity contribution is -0.127. The Labute approximate surface area is 154 Å². The Balaban J connectivity index is 1.56. The Morgan fingerprint density at radius 3 is 2.69 bits per heavy atom. The van der Waals surface area contributed by atoms with E-state index < -0.39 is 6.10 Å². The minimum atomic E-state index is -0.584. The van der Waals surface area contributed by atoms with Gasteiger partial charge in [0.1, 0.15) is 5.75 Å². The van der Waals surface area contributed by atoms with Crippen molar-refractivity contribution in [3.05, 3.63) is 53.6 Å². The Bertz CT molecular complexity index is 795. The van der Waals surface area contributed by atoms with E-state index in [-0.39, 0.29) is 18.1 Å². The monoisotopic (exact) mass is 355 g/mol. The summed E-state index contributed by atoms with van der Waals surface area (Å²) in [6.07, 6.45) is -0.584. The van der Waals surface area contributed by atoms with Crippen LogP contribution in [0.25, 0.3) is 0 Å². The van der Waals surface area contributed by atoms with Crippen LogP contribution in [0.2, 0.25) is 0 Å². The van der Waals surface area contributed by atoms with Crippen molar-refractivity contribution in [1.29, 1.82) is 0 Å². The summed E-state index contributed by atoms with van der Waals surface area (Å²) in [7, 11) is 0. The minimum absolute atomic E-state index is 0.0320. The Hall–Kier alpha value is -2.69. The maximum Gasteiger partial charge on any atom is 0.261 e. The first-order valence-corrected chi connectivity index (χ1v) is 8.76. The lowest BCUT2D eigenvalue weighted by Gasteiger charge is -2.21. The van der Waals surface area contributed by atoms with Crippen LogP contribution in [0.5, 0.6) is 17.2 Å². The second kappa shape index (κ2) is 7.28. The molecule has 5 nitrogen and oxygen atoms in total. The fourth-order valence-electron chi connectivity index (χ4n) is 2.68. The molecule has 0 aromatic heterocycles. The van der Waals surface area contributed by atoms with E-state index in [2.05, 4.69) is 32.2 Å². The fourth-order valence-corrected chi connectivity index (χ4v) is 2.68. The lowest BCUT2D eigenvalue weighted by Crippen LogP contribution is -2.35. The number of carbonyl (C=O) groups excluding carboxylic acids is 1. The van der Waals surface area contributed by atoms with Crippen LogP contribution in [0.3, 0.4) is 0 Å². The summed E-state index contributed by atoms with van der Waals surface area (Å²) < 4.78 is 16.5. The zero-order valence-electron chi connectivity index (χ0n) is 15.7. The van der Waals surface area contributed by atoms with Gasteiger partial charge in [-0.05, 0) is 47.7 Å². The highest BCUT2D eigenvalue weighted by atomic mass is 16.7. The smallest absolute Gasteiger partial charge is 0.261 e. The molecule has 1 atom stereocenters. The maximum atomic E-state index is 12.3. The van der Waals surface area contributed by atoms with Gasteiger partial charge in [0.2, 0.25) is 6.79 Å². The van der Waals surface area contributed by atoms with Crippen molar-refractivity contribution in [3.63, 3.8) is 0 Å². The van der Waals surface area contributed by atoms with Crippen LogP contribution in [-0.2, 0) is 16.8 Å². The quantitative estimate of drug-likeness (QED) is 0.886. The predicted octanol–water partition coefficient (Wildman–Crippen LogP) is 3.80. The molecule has 1 unspecified atom stereocenters. The largest absolute Gasteiger partial charge is 0.481 e. The average molecular weight is 355 g/mol. The number of carbonyl (C=O) groups is 1. The normalized spacial score (nSPS) is 14.0. The third-order valence-electron chi connectivity index (χ3n) is 4.29. The summed E-state index contributed by atoms with van der Waals surface area (Å²) in [5.74, 6) is 1.97. The molecule has 26 heavy (non-hydrogen) atoms. The summed E-state index contributed by atoms with van der Waals surface area (Å²) in [4.78, 5) is 12.3. The van der Waals surface area contributed by atoms with E-state index in [1.54, 1.807) is 6.92 Å². The van der Waals surface area contributed by atoms with Crippen LogP contribution < -0.4 is 19.5 Å². The van der Waals surface area contributed by atoms with Crippen LogP contribution >= 0.6 is 0 Å². The number of fused-ring (bicyclic) bond motifs is 1. The summed E-state index contributed by atoms with van der Waals surface area (Å²) in [6.45, 7) is 8.84. The molecule has 1 aliphatic heterocycles. The van der Waals surface area contributed by atoms with Gasteiger partial charge in [-0.2, -0.15) is 0 Å². The van der Waals surface area contributed by atoms with Gasteiger partial charge in [0.05, 0.1) is 0 Å². The Kier molecular flexibility index (Phi) is 5.07. The van der Waals surface area contributed by atoms with Crippen molar-refractivity contribution in [3.8, 4) is 17.2 Å². The van der Waals surface area contributed by atoms with Gasteiger partial charge >= 0.3 is 0 Å². The molecule has 0 saturated carbocycles. The van der Waals surface area contributed by atoms with Crippen LogP contribution in [0, 0.1) is 0 Å². The number of benzene rings is 2. The highest BCUT2D eigenvalue weighted by Crippen LogP contribution is 2.32. The highest BCUT2D eigenvalue weighted by Gasteiger charge is 2.18. The van der Waals surface area contributed by atoms with E-state index in [9.17, 15) is 4.79 Å². The molecule has 1 heterocycles. The maximum absolute atomic E-state index is 12.3. The molecule has 0 radical (unpaired) electrons.